The van der Waals surface area contributed by atoms with E-state index < -0.39 is 0 Å². The molecule has 0 aromatic heterocycles. The third-order valence-corrected chi connectivity index (χ3v) is 2.78. The zero-order valence-corrected chi connectivity index (χ0v) is 10.7. The van der Waals surface area contributed by atoms with Crippen LogP contribution in [-0.2, 0) is 6.54 Å². The number of urea groups is 1. The second-order valence-corrected chi connectivity index (χ2v) is 4.72. The van der Waals surface area contributed by atoms with Crippen molar-refractivity contribution in [1.82, 2.24) is 5.32 Å². The average molecular weight is 235 g/mol. The first-order chi connectivity index (χ1) is 7.96. The smallest absolute Gasteiger partial charge is 0.319 e. The number of benzene rings is 1. The number of carbonyl (C=O) groups is 1. The molecule has 94 valence electrons. The Morgan fingerprint density at radius 2 is 1.88 bits per heavy atom. The van der Waals surface area contributed by atoms with Gasteiger partial charge in [-0.15, -0.1) is 0 Å². The number of nitrogens with two attached hydrogens (primary N) is 1. The predicted molar refractivity (Wildman–Crippen MR) is 70.9 cm³/mol. The van der Waals surface area contributed by atoms with Gasteiger partial charge in [-0.1, -0.05) is 19.1 Å². The fourth-order valence-electron chi connectivity index (χ4n) is 1.28. The van der Waals surface area contributed by atoms with Gasteiger partial charge in [0.2, 0.25) is 0 Å². The molecule has 1 aromatic carbocycles. The molecular weight excluding hydrogens is 214 g/mol. The van der Waals surface area contributed by atoms with Gasteiger partial charge >= 0.3 is 6.03 Å². The first kappa shape index (κ1) is 13.5. The van der Waals surface area contributed by atoms with Crippen molar-refractivity contribution in [3.8, 4) is 0 Å². The summed E-state index contributed by atoms with van der Waals surface area (Å²) in [4.78, 5) is 11.7. The minimum Gasteiger partial charge on any atom is -0.333 e. The molecule has 0 aliphatic carbocycles. The van der Waals surface area contributed by atoms with Gasteiger partial charge in [-0.05, 0) is 38.0 Å². The van der Waals surface area contributed by atoms with Crippen molar-refractivity contribution in [1.29, 1.82) is 0 Å². The van der Waals surface area contributed by atoms with Crippen LogP contribution in [0.15, 0.2) is 24.3 Å². The lowest BCUT2D eigenvalue weighted by Gasteiger charge is -2.24. The first-order valence-electron chi connectivity index (χ1n) is 5.85. The minimum atomic E-state index is -0.193. The molecule has 0 unspecified atom stereocenters. The molecule has 4 heteroatoms. The van der Waals surface area contributed by atoms with Crippen LogP contribution in [0.2, 0.25) is 0 Å². The molecule has 17 heavy (non-hydrogen) atoms. The Morgan fingerprint density at radius 3 is 2.35 bits per heavy atom. The number of hydrogen-bond donors (Lipinski definition) is 3. The van der Waals surface area contributed by atoms with Gasteiger partial charge in [0.1, 0.15) is 0 Å². The van der Waals surface area contributed by atoms with Crippen molar-refractivity contribution in [2.24, 2.45) is 5.73 Å². The van der Waals surface area contributed by atoms with Crippen LogP contribution in [-0.4, -0.2) is 11.6 Å². The van der Waals surface area contributed by atoms with Crippen molar-refractivity contribution in [2.75, 3.05) is 5.32 Å². The Labute approximate surface area is 103 Å². The van der Waals surface area contributed by atoms with Gasteiger partial charge in [0.25, 0.3) is 0 Å². The molecule has 0 spiro atoms. The average Bonchev–Trinajstić information content (AvgIpc) is 2.29. The van der Waals surface area contributed by atoms with E-state index in [4.69, 9.17) is 5.73 Å². The highest BCUT2D eigenvalue weighted by Gasteiger charge is 2.17. The van der Waals surface area contributed by atoms with Crippen molar-refractivity contribution < 1.29 is 4.79 Å². The highest BCUT2D eigenvalue weighted by atomic mass is 16.2. The van der Waals surface area contributed by atoms with Gasteiger partial charge in [-0.25, -0.2) is 4.79 Å². The van der Waals surface area contributed by atoms with Gasteiger partial charge in [0, 0.05) is 17.8 Å². The molecule has 0 fully saturated rings. The van der Waals surface area contributed by atoms with Crippen molar-refractivity contribution in [3.05, 3.63) is 29.8 Å². The quantitative estimate of drug-likeness (QED) is 0.750. The van der Waals surface area contributed by atoms with E-state index in [0.29, 0.717) is 6.54 Å². The summed E-state index contributed by atoms with van der Waals surface area (Å²) in [5.74, 6) is 0. The second-order valence-electron chi connectivity index (χ2n) is 4.72. The van der Waals surface area contributed by atoms with Crippen LogP contribution >= 0.6 is 0 Å². The zero-order chi connectivity index (χ0) is 12.9. The lowest BCUT2D eigenvalue weighted by Crippen LogP contribution is -2.45. The molecule has 4 N–H and O–H groups in total. The molecule has 0 heterocycles. The molecule has 0 saturated heterocycles. The summed E-state index contributed by atoms with van der Waals surface area (Å²) in [7, 11) is 0. The maximum atomic E-state index is 11.7. The standard InChI is InChI=1S/C13H21N3O/c1-4-13(2,3)16-12(17)15-11-7-5-10(9-14)6-8-11/h5-8H,4,9,14H2,1-3H3,(H2,15,16,17). The molecular formula is C13H21N3O. The summed E-state index contributed by atoms with van der Waals surface area (Å²) >= 11 is 0. The molecule has 0 atom stereocenters. The maximum Gasteiger partial charge on any atom is 0.319 e. The molecule has 4 nitrogen and oxygen atoms in total. The Bertz CT molecular complexity index is 371. The number of rotatable bonds is 4. The summed E-state index contributed by atoms with van der Waals surface area (Å²) < 4.78 is 0. The molecule has 1 aromatic rings. The fourth-order valence-corrected chi connectivity index (χ4v) is 1.28. The van der Waals surface area contributed by atoms with Crippen molar-refractivity contribution in [2.45, 2.75) is 39.3 Å². The molecule has 2 amide bonds. The number of amides is 2. The van der Waals surface area contributed by atoms with Gasteiger partial charge in [0.15, 0.2) is 0 Å². The van der Waals surface area contributed by atoms with Crippen LogP contribution in [0.4, 0.5) is 10.5 Å². The second kappa shape index (κ2) is 5.68. The minimum absolute atomic E-state index is 0.183. The highest BCUT2D eigenvalue weighted by molar-refractivity contribution is 5.89. The van der Waals surface area contributed by atoms with Gasteiger partial charge in [-0.2, -0.15) is 0 Å². The zero-order valence-electron chi connectivity index (χ0n) is 10.7. The van der Waals surface area contributed by atoms with Crippen molar-refractivity contribution in [3.63, 3.8) is 0 Å². The number of nitrogens with one attached hydrogen (secondary N) is 2. The molecule has 1 rings (SSSR count). The van der Waals surface area contributed by atoms with E-state index >= 15 is 0 Å². The van der Waals surface area contributed by atoms with E-state index in [1.165, 1.54) is 0 Å². The van der Waals surface area contributed by atoms with E-state index in [1.54, 1.807) is 0 Å². The molecule has 0 aliphatic heterocycles. The van der Waals surface area contributed by atoms with E-state index in [1.807, 2.05) is 45.0 Å². The number of anilines is 1. The molecule has 0 aliphatic rings. The predicted octanol–water partition coefficient (Wildman–Crippen LogP) is 2.46. The molecule has 0 saturated carbocycles. The monoisotopic (exact) mass is 235 g/mol. The normalized spacial score (nSPS) is 11.1. The highest BCUT2D eigenvalue weighted by Crippen LogP contribution is 2.11. The van der Waals surface area contributed by atoms with Crippen LogP contribution < -0.4 is 16.4 Å². The summed E-state index contributed by atoms with van der Waals surface area (Å²) in [5, 5.41) is 5.70. The van der Waals surface area contributed by atoms with Gasteiger partial charge < -0.3 is 16.4 Å². The Hall–Kier alpha value is -1.55. The van der Waals surface area contributed by atoms with Crippen LogP contribution in [0.5, 0.6) is 0 Å². The van der Waals surface area contributed by atoms with E-state index in [-0.39, 0.29) is 11.6 Å². The molecule has 0 radical (unpaired) electrons. The van der Waals surface area contributed by atoms with Gasteiger partial charge in [-0.3, -0.25) is 0 Å². The number of hydrogen-bond acceptors (Lipinski definition) is 2. The molecule has 0 bridgehead atoms. The Balaban J connectivity index is 2.56. The lowest BCUT2D eigenvalue weighted by atomic mass is 10.0. The van der Waals surface area contributed by atoms with E-state index in [0.717, 1.165) is 17.7 Å². The summed E-state index contributed by atoms with van der Waals surface area (Å²) in [6.07, 6.45) is 0.881. The van der Waals surface area contributed by atoms with Gasteiger partial charge in [0.05, 0.1) is 0 Å². The summed E-state index contributed by atoms with van der Waals surface area (Å²) in [6, 6.07) is 7.32. The van der Waals surface area contributed by atoms with Crippen LogP contribution in [0, 0.1) is 0 Å². The first-order valence-corrected chi connectivity index (χ1v) is 5.85. The van der Waals surface area contributed by atoms with E-state index in [2.05, 4.69) is 10.6 Å². The Kier molecular flexibility index (Phi) is 4.52. The number of carbonyl (C=O) groups excluding carboxylic acids is 1. The van der Waals surface area contributed by atoms with Crippen LogP contribution in [0.1, 0.15) is 32.8 Å². The van der Waals surface area contributed by atoms with E-state index in [9.17, 15) is 4.79 Å². The SMILES string of the molecule is CCC(C)(C)NC(=O)Nc1ccc(CN)cc1. The Morgan fingerprint density at radius 1 is 1.29 bits per heavy atom. The van der Waals surface area contributed by atoms with Crippen LogP contribution in [0.25, 0.3) is 0 Å². The topological polar surface area (TPSA) is 67.2 Å². The van der Waals surface area contributed by atoms with Crippen molar-refractivity contribution >= 4 is 11.7 Å². The largest absolute Gasteiger partial charge is 0.333 e. The summed E-state index contributed by atoms with van der Waals surface area (Å²) in [5.41, 5.74) is 7.13. The fraction of sp³-hybridized carbons (Fsp3) is 0.462. The van der Waals surface area contributed by atoms with Crippen LogP contribution in [0.3, 0.4) is 0 Å². The maximum absolute atomic E-state index is 11.7. The lowest BCUT2D eigenvalue weighted by molar-refractivity contribution is 0.240. The summed E-state index contributed by atoms with van der Waals surface area (Å²) in [6.45, 7) is 6.53. The third kappa shape index (κ3) is 4.44. The third-order valence-electron chi connectivity index (χ3n) is 2.78.